The van der Waals surface area contributed by atoms with Crippen LogP contribution in [0.1, 0.15) is 10.5 Å². The number of primary amides is 1. The zero-order valence-electron chi connectivity index (χ0n) is 11.3. The summed E-state index contributed by atoms with van der Waals surface area (Å²) in [7, 11) is 0. The van der Waals surface area contributed by atoms with Crippen LogP contribution >= 0.6 is 23.4 Å². The van der Waals surface area contributed by atoms with Gasteiger partial charge in [0.05, 0.1) is 5.02 Å². The lowest BCUT2D eigenvalue weighted by Crippen LogP contribution is -2.12. The van der Waals surface area contributed by atoms with Crippen LogP contribution in [0.3, 0.4) is 0 Å². The van der Waals surface area contributed by atoms with E-state index in [1.807, 2.05) is 48.5 Å². The predicted molar refractivity (Wildman–Crippen MR) is 85.9 cm³/mol. The summed E-state index contributed by atoms with van der Waals surface area (Å²) in [6.07, 6.45) is 0. The number of hydrogen-bond acceptors (Lipinski definition) is 4. The fourth-order valence-corrected chi connectivity index (χ4v) is 3.21. The lowest BCUT2D eigenvalue weighted by Gasteiger charge is -2.08. The monoisotopic (exact) mass is 330 g/mol. The number of rotatable bonds is 4. The molecular formula is C15H11ClN4OS. The van der Waals surface area contributed by atoms with Gasteiger partial charge in [0.2, 0.25) is 0 Å². The van der Waals surface area contributed by atoms with E-state index in [-0.39, 0.29) is 5.69 Å². The summed E-state index contributed by atoms with van der Waals surface area (Å²) in [5.41, 5.74) is 6.66. The minimum absolute atomic E-state index is 0.118. The predicted octanol–water partition coefficient (Wildman–Crippen LogP) is 3.38. The number of halogens is 1. The summed E-state index contributed by atoms with van der Waals surface area (Å²) in [6.45, 7) is 0. The molecule has 3 N–H and O–H groups in total. The molecule has 2 aromatic carbocycles. The minimum Gasteiger partial charge on any atom is -0.364 e. The molecule has 0 fully saturated rings. The molecule has 5 nitrogen and oxygen atoms in total. The van der Waals surface area contributed by atoms with Crippen molar-refractivity contribution in [3.05, 3.63) is 59.2 Å². The number of H-pyrrole nitrogens is 1. The van der Waals surface area contributed by atoms with Crippen LogP contribution in [0.25, 0.3) is 11.3 Å². The minimum atomic E-state index is -0.624. The molecule has 0 aliphatic rings. The number of aromatic nitrogens is 3. The first-order valence-corrected chi connectivity index (χ1v) is 7.58. The largest absolute Gasteiger partial charge is 0.364 e. The van der Waals surface area contributed by atoms with Crippen LogP contribution in [0.15, 0.2) is 58.3 Å². The molecule has 0 aliphatic carbocycles. The van der Waals surface area contributed by atoms with E-state index < -0.39 is 5.91 Å². The number of nitrogens with two attached hydrogens (primary N) is 1. The lowest BCUT2D eigenvalue weighted by molar-refractivity contribution is 0.0996. The van der Waals surface area contributed by atoms with Crippen LogP contribution in [-0.4, -0.2) is 21.3 Å². The molecule has 3 rings (SSSR count). The summed E-state index contributed by atoms with van der Waals surface area (Å²) in [4.78, 5) is 13.3. The molecule has 0 bridgehead atoms. The van der Waals surface area contributed by atoms with Gasteiger partial charge in [-0.05, 0) is 18.2 Å². The molecule has 0 saturated carbocycles. The number of nitrogens with one attached hydrogen (secondary N) is 1. The van der Waals surface area contributed by atoms with Gasteiger partial charge in [0.1, 0.15) is 5.69 Å². The van der Waals surface area contributed by atoms with Gasteiger partial charge in [0.15, 0.2) is 5.69 Å². The number of carbonyl (C=O) groups excluding carboxylic acids is 1. The number of nitrogens with zero attached hydrogens (tertiary/aromatic N) is 2. The fraction of sp³-hybridized carbons (Fsp3) is 0. The molecule has 0 aliphatic heterocycles. The van der Waals surface area contributed by atoms with E-state index in [2.05, 4.69) is 15.4 Å². The quantitative estimate of drug-likeness (QED) is 0.768. The summed E-state index contributed by atoms with van der Waals surface area (Å²) in [5, 5.41) is 11.0. The third-order valence-electron chi connectivity index (χ3n) is 2.98. The molecular weight excluding hydrogens is 320 g/mol. The first-order valence-electron chi connectivity index (χ1n) is 6.39. The second-order valence-electron chi connectivity index (χ2n) is 4.41. The van der Waals surface area contributed by atoms with Crippen LogP contribution < -0.4 is 5.73 Å². The molecule has 22 heavy (non-hydrogen) atoms. The number of hydrogen-bond donors (Lipinski definition) is 2. The molecule has 0 unspecified atom stereocenters. The maximum atomic E-state index is 11.5. The summed E-state index contributed by atoms with van der Waals surface area (Å²) >= 11 is 7.70. The van der Waals surface area contributed by atoms with Crippen LogP contribution in [-0.2, 0) is 0 Å². The normalized spacial score (nSPS) is 10.6. The average molecular weight is 331 g/mol. The second kappa shape index (κ2) is 6.21. The first kappa shape index (κ1) is 14.6. The molecule has 0 radical (unpaired) electrons. The van der Waals surface area contributed by atoms with Crippen molar-refractivity contribution in [2.45, 2.75) is 9.79 Å². The highest BCUT2D eigenvalue weighted by Crippen LogP contribution is 2.38. The van der Waals surface area contributed by atoms with E-state index in [9.17, 15) is 4.79 Å². The van der Waals surface area contributed by atoms with Crippen molar-refractivity contribution in [2.75, 3.05) is 0 Å². The Morgan fingerprint density at radius 2 is 1.73 bits per heavy atom. The Morgan fingerprint density at radius 1 is 1.05 bits per heavy atom. The van der Waals surface area contributed by atoms with Crippen molar-refractivity contribution >= 4 is 29.3 Å². The third kappa shape index (κ3) is 2.84. The van der Waals surface area contributed by atoms with Gasteiger partial charge in [0.25, 0.3) is 5.91 Å². The van der Waals surface area contributed by atoms with E-state index in [4.69, 9.17) is 17.3 Å². The van der Waals surface area contributed by atoms with Crippen molar-refractivity contribution in [2.24, 2.45) is 5.73 Å². The van der Waals surface area contributed by atoms with Crippen molar-refractivity contribution in [1.82, 2.24) is 15.4 Å². The molecule has 3 aromatic rings. The Kier molecular flexibility index (Phi) is 4.13. The van der Waals surface area contributed by atoms with Gasteiger partial charge in [-0.1, -0.05) is 53.7 Å². The highest BCUT2D eigenvalue weighted by molar-refractivity contribution is 7.99. The number of aromatic amines is 1. The Balaban J connectivity index is 2.06. The maximum Gasteiger partial charge on any atom is 0.271 e. The van der Waals surface area contributed by atoms with E-state index in [1.165, 1.54) is 11.8 Å². The number of benzene rings is 2. The van der Waals surface area contributed by atoms with Crippen LogP contribution in [0.5, 0.6) is 0 Å². The third-order valence-corrected chi connectivity index (χ3v) is 4.57. The van der Waals surface area contributed by atoms with Gasteiger partial charge in [-0.2, -0.15) is 15.4 Å². The first-order chi connectivity index (χ1) is 10.7. The van der Waals surface area contributed by atoms with Gasteiger partial charge < -0.3 is 5.73 Å². The molecule has 0 saturated heterocycles. The lowest BCUT2D eigenvalue weighted by atomic mass is 10.1. The van der Waals surface area contributed by atoms with E-state index in [1.54, 1.807) is 0 Å². The summed E-state index contributed by atoms with van der Waals surface area (Å²) in [5.74, 6) is -0.624. The van der Waals surface area contributed by atoms with Gasteiger partial charge >= 0.3 is 0 Å². The Morgan fingerprint density at radius 3 is 2.45 bits per heavy atom. The van der Waals surface area contributed by atoms with E-state index >= 15 is 0 Å². The highest BCUT2D eigenvalue weighted by atomic mass is 35.5. The molecule has 1 heterocycles. The van der Waals surface area contributed by atoms with Crippen LogP contribution in [0, 0.1) is 0 Å². The SMILES string of the molecule is NC(=O)c1n[nH]nc1-c1ccccc1Sc1ccccc1Cl. The summed E-state index contributed by atoms with van der Waals surface area (Å²) < 4.78 is 0. The van der Waals surface area contributed by atoms with Gasteiger partial charge in [-0.25, -0.2) is 0 Å². The maximum absolute atomic E-state index is 11.5. The number of carbonyl (C=O) groups is 1. The molecule has 0 atom stereocenters. The van der Waals surface area contributed by atoms with E-state index in [0.29, 0.717) is 10.7 Å². The molecule has 110 valence electrons. The van der Waals surface area contributed by atoms with Crippen molar-refractivity contribution in [1.29, 1.82) is 0 Å². The van der Waals surface area contributed by atoms with E-state index in [0.717, 1.165) is 15.4 Å². The molecule has 0 spiro atoms. The molecule has 1 aromatic heterocycles. The Labute approximate surface area is 135 Å². The molecule has 1 amide bonds. The average Bonchev–Trinajstić information content (AvgIpc) is 3.00. The van der Waals surface area contributed by atoms with Crippen LogP contribution in [0.2, 0.25) is 5.02 Å². The standard InChI is InChI=1S/C15H11ClN4OS/c16-10-6-2-4-8-12(10)22-11-7-3-1-5-9(11)13-14(15(17)21)19-20-18-13/h1-8H,(H2,17,21)(H,18,19,20). The molecule has 7 heteroatoms. The van der Waals surface area contributed by atoms with Crippen molar-refractivity contribution in [3.63, 3.8) is 0 Å². The topological polar surface area (TPSA) is 84.7 Å². The van der Waals surface area contributed by atoms with Crippen molar-refractivity contribution in [3.8, 4) is 11.3 Å². The van der Waals surface area contributed by atoms with Gasteiger partial charge in [-0.15, -0.1) is 0 Å². The summed E-state index contributed by atoms with van der Waals surface area (Å²) in [6, 6.07) is 15.1. The number of amides is 1. The second-order valence-corrected chi connectivity index (χ2v) is 5.90. The van der Waals surface area contributed by atoms with Gasteiger partial charge in [0, 0.05) is 15.4 Å². The van der Waals surface area contributed by atoms with Gasteiger partial charge in [-0.3, -0.25) is 4.79 Å². The van der Waals surface area contributed by atoms with Crippen molar-refractivity contribution < 1.29 is 4.79 Å². The zero-order valence-corrected chi connectivity index (χ0v) is 12.9. The highest BCUT2D eigenvalue weighted by Gasteiger charge is 2.18. The van der Waals surface area contributed by atoms with Crippen LogP contribution in [0.4, 0.5) is 0 Å². The Hall–Kier alpha value is -2.31. The fourth-order valence-electron chi connectivity index (χ4n) is 1.99. The Bertz CT molecular complexity index is 834. The zero-order chi connectivity index (χ0) is 15.5. The smallest absolute Gasteiger partial charge is 0.271 e.